The molecule has 3 N–H and O–H groups in total. The Hall–Kier alpha value is -3.34. The van der Waals surface area contributed by atoms with Gasteiger partial charge in [0, 0.05) is 17.6 Å². The van der Waals surface area contributed by atoms with E-state index in [1.54, 1.807) is 32.0 Å². The quantitative estimate of drug-likeness (QED) is 0.604. The van der Waals surface area contributed by atoms with Gasteiger partial charge in [0.05, 0.1) is 4.90 Å². The van der Waals surface area contributed by atoms with Crippen LogP contribution in [-0.4, -0.2) is 33.6 Å². The van der Waals surface area contributed by atoms with Crippen molar-refractivity contribution in [2.75, 3.05) is 10.0 Å². The third-order valence-electron chi connectivity index (χ3n) is 3.32. The molecule has 0 bridgehead atoms. The average molecular weight is 373 g/mol. The van der Waals surface area contributed by atoms with Crippen LogP contribution in [0.25, 0.3) is 0 Å². The highest BCUT2D eigenvalue weighted by atomic mass is 32.2. The Morgan fingerprint density at radius 2 is 1.77 bits per heavy atom. The normalized spacial score (nSPS) is 11.2. The van der Waals surface area contributed by atoms with Gasteiger partial charge in [0.1, 0.15) is 5.69 Å². The molecule has 0 amide bonds. The van der Waals surface area contributed by atoms with Gasteiger partial charge in [-0.25, -0.2) is 33.0 Å². The smallest absolute Gasteiger partial charge is 0.338 e. The molecule has 0 saturated heterocycles. The molecule has 3 aromatic rings. The number of aromatic amines is 1. The van der Waals surface area contributed by atoms with Crippen LogP contribution in [0.2, 0.25) is 0 Å². The number of sulfonamides is 1. The summed E-state index contributed by atoms with van der Waals surface area (Å²) < 4.78 is 27.1. The fraction of sp³-hybridized carbons (Fsp3) is 0.133. The summed E-state index contributed by atoms with van der Waals surface area (Å²) in [4.78, 5) is 23.0. The minimum atomic E-state index is -3.82. The molecule has 3 rings (SSSR count). The number of benzene rings is 1. The fourth-order valence-electron chi connectivity index (χ4n) is 2.04. The molecule has 1 aromatic carbocycles. The third-order valence-corrected chi connectivity index (χ3v) is 4.67. The van der Waals surface area contributed by atoms with Crippen molar-refractivity contribution >= 4 is 27.5 Å². The third kappa shape index (κ3) is 4.00. The van der Waals surface area contributed by atoms with Gasteiger partial charge in [0.25, 0.3) is 10.0 Å². The number of nitrogens with zero attached hydrogens (tertiary/aromatic N) is 4. The lowest BCUT2D eigenvalue weighted by Crippen LogP contribution is -2.16. The van der Waals surface area contributed by atoms with Crippen molar-refractivity contribution < 1.29 is 8.42 Å². The van der Waals surface area contributed by atoms with Crippen LogP contribution in [-0.2, 0) is 10.0 Å². The molecular formula is C15H15N7O3S. The molecule has 0 aliphatic heterocycles. The summed E-state index contributed by atoms with van der Waals surface area (Å²) in [5.41, 5.74) is 1.12. The van der Waals surface area contributed by atoms with Crippen LogP contribution in [0.1, 0.15) is 11.4 Å². The second-order valence-electron chi connectivity index (χ2n) is 5.35. The summed E-state index contributed by atoms with van der Waals surface area (Å²) in [5, 5.41) is 8.94. The molecule has 0 saturated carbocycles. The van der Waals surface area contributed by atoms with Gasteiger partial charge in [-0.05, 0) is 44.2 Å². The molecule has 26 heavy (non-hydrogen) atoms. The number of hydrogen-bond donors (Lipinski definition) is 3. The Kier molecular flexibility index (Phi) is 4.63. The highest BCUT2D eigenvalue weighted by Gasteiger charge is 2.15. The Balaban J connectivity index is 1.80. The van der Waals surface area contributed by atoms with Crippen molar-refractivity contribution in [1.82, 2.24) is 25.1 Å². The molecular weight excluding hydrogens is 358 g/mol. The monoisotopic (exact) mass is 373 g/mol. The lowest BCUT2D eigenvalue weighted by molar-refractivity contribution is 0.601. The summed E-state index contributed by atoms with van der Waals surface area (Å²) in [6, 6.07) is 7.59. The van der Waals surface area contributed by atoms with Gasteiger partial charge in [0.2, 0.25) is 5.95 Å². The van der Waals surface area contributed by atoms with E-state index in [4.69, 9.17) is 0 Å². The van der Waals surface area contributed by atoms with Gasteiger partial charge >= 0.3 is 5.69 Å². The minimum absolute atomic E-state index is 0.00149. The predicted octanol–water partition coefficient (Wildman–Crippen LogP) is 1.12. The summed E-state index contributed by atoms with van der Waals surface area (Å²) in [6.07, 6.45) is 1.47. The van der Waals surface area contributed by atoms with E-state index in [0.717, 1.165) is 0 Å². The van der Waals surface area contributed by atoms with Crippen molar-refractivity contribution in [3.63, 3.8) is 0 Å². The number of anilines is 3. The van der Waals surface area contributed by atoms with Crippen LogP contribution in [0.5, 0.6) is 0 Å². The average Bonchev–Trinajstić information content (AvgIpc) is 2.58. The van der Waals surface area contributed by atoms with Gasteiger partial charge in [-0.15, -0.1) is 0 Å². The molecule has 0 fully saturated rings. The minimum Gasteiger partial charge on any atom is -0.338 e. The number of aryl methyl sites for hydroxylation is 2. The number of rotatable bonds is 5. The maximum absolute atomic E-state index is 12.4. The van der Waals surface area contributed by atoms with Crippen molar-refractivity contribution in [3.8, 4) is 0 Å². The van der Waals surface area contributed by atoms with Crippen molar-refractivity contribution in [2.24, 2.45) is 0 Å². The van der Waals surface area contributed by atoms with Gasteiger partial charge in [-0.3, -0.25) is 0 Å². The zero-order chi connectivity index (χ0) is 18.7. The first-order valence-electron chi connectivity index (χ1n) is 7.46. The Morgan fingerprint density at radius 1 is 1.04 bits per heavy atom. The predicted molar refractivity (Wildman–Crippen MR) is 94.7 cm³/mol. The maximum atomic E-state index is 12.4. The second-order valence-corrected chi connectivity index (χ2v) is 7.03. The van der Waals surface area contributed by atoms with Gasteiger partial charge < -0.3 is 5.32 Å². The second kappa shape index (κ2) is 6.88. The van der Waals surface area contributed by atoms with E-state index in [1.165, 1.54) is 18.3 Å². The lowest BCUT2D eigenvalue weighted by Gasteiger charge is -2.09. The molecule has 0 spiro atoms. The largest absolute Gasteiger partial charge is 0.363 e. The Morgan fingerprint density at radius 3 is 2.46 bits per heavy atom. The first-order chi connectivity index (χ1) is 12.3. The molecule has 0 aliphatic carbocycles. The van der Waals surface area contributed by atoms with E-state index < -0.39 is 15.7 Å². The van der Waals surface area contributed by atoms with Crippen LogP contribution in [0.15, 0.2) is 46.2 Å². The lowest BCUT2D eigenvalue weighted by atomic mass is 10.3. The van der Waals surface area contributed by atoms with E-state index in [1.807, 2.05) is 0 Å². The van der Waals surface area contributed by atoms with Gasteiger partial charge in [0.15, 0.2) is 5.82 Å². The Bertz CT molecular complexity index is 1090. The van der Waals surface area contributed by atoms with Gasteiger partial charge in [-0.2, -0.15) is 10.1 Å². The van der Waals surface area contributed by atoms with E-state index in [2.05, 4.69) is 35.2 Å². The highest BCUT2D eigenvalue weighted by molar-refractivity contribution is 7.92. The standard InChI is InChI=1S/C15H15N7O3S/c1-9-7-8-16-14(17-9)22-26(24,25)12-5-3-11(4-6-12)18-13-10(2)20-21-15(23)19-13/h3-8H,1-2H3,(H,16,17,22)(H2,18,19,21,23). The van der Waals surface area contributed by atoms with Crippen molar-refractivity contribution in [2.45, 2.75) is 18.7 Å². The maximum Gasteiger partial charge on any atom is 0.363 e. The van der Waals surface area contributed by atoms with Crippen LogP contribution < -0.4 is 15.7 Å². The molecule has 11 heteroatoms. The number of nitrogens with one attached hydrogen (secondary N) is 3. The van der Waals surface area contributed by atoms with Crippen LogP contribution in [0.3, 0.4) is 0 Å². The molecule has 0 unspecified atom stereocenters. The van der Waals surface area contributed by atoms with E-state index in [9.17, 15) is 13.2 Å². The number of hydrogen-bond acceptors (Lipinski definition) is 8. The Labute approximate surface area is 148 Å². The summed E-state index contributed by atoms with van der Waals surface area (Å²) in [7, 11) is -3.82. The summed E-state index contributed by atoms with van der Waals surface area (Å²) >= 11 is 0. The molecule has 0 atom stereocenters. The van der Waals surface area contributed by atoms with Crippen molar-refractivity contribution in [1.29, 1.82) is 0 Å². The zero-order valence-corrected chi connectivity index (χ0v) is 14.7. The SMILES string of the molecule is Cc1ccnc(NS(=O)(=O)c2ccc(Nc3nc(=O)[nH]nc3C)cc2)n1. The first kappa shape index (κ1) is 17.5. The summed E-state index contributed by atoms with van der Waals surface area (Å²) in [6.45, 7) is 3.41. The highest BCUT2D eigenvalue weighted by Crippen LogP contribution is 2.19. The van der Waals surface area contributed by atoms with E-state index >= 15 is 0 Å². The van der Waals surface area contributed by atoms with Crippen LogP contribution in [0, 0.1) is 13.8 Å². The summed E-state index contributed by atoms with van der Waals surface area (Å²) in [5.74, 6) is 0.289. The number of aromatic nitrogens is 5. The first-order valence-corrected chi connectivity index (χ1v) is 8.95. The van der Waals surface area contributed by atoms with E-state index in [0.29, 0.717) is 17.1 Å². The fourth-order valence-corrected chi connectivity index (χ4v) is 2.99. The van der Waals surface area contributed by atoms with E-state index in [-0.39, 0.29) is 16.7 Å². The zero-order valence-electron chi connectivity index (χ0n) is 13.9. The number of H-pyrrole nitrogens is 1. The molecule has 2 aromatic heterocycles. The van der Waals surface area contributed by atoms with Crippen LogP contribution >= 0.6 is 0 Å². The van der Waals surface area contributed by atoms with Crippen molar-refractivity contribution in [3.05, 3.63) is 58.4 Å². The molecule has 0 radical (unpaired) electrons. The molecule has 0 aliphatic rings. The molecule has 134 valence electrons. The van der Waals surface area contributed by atoms with Crippen LogP contribution in [0.4, 0.5) is 17.5 Å². The van der Waals surface area contributed by atoms with Gasteiger partial charge in [-0.1, -0.05) is 0 Å². The molecule has 2 heterocycles. The molecule has 10 nitrogen and oxygen atoms in total. The topological polar surface area (TPSA) is 143 Å².